The zero-order valence-corrected chi connectivity index (χ0v) is 13.2. The first-order chi connectivity index (χ1) is 9.88. The lowest BCUT2D eigenvalue weighted by Gasteiger charge is -2.23. The molecule has 0 spiro atoms. The predicted molar refractivity (Wildman–Crippen MR) is 79.5 cm³/mol. The van der Waals surface area contributed by atoms with Crippen LogP contribution in [0.2, 0.25) is 0 Å². The summed E-state index contributed by atoms with van der Waals surface area (Å²) in [4.78, 5) is 23.1. The van der Waals surface area contributed by atoms with Crippen LogP contribution in [0.25, 0.3) is 0 Å². The molecule has 4 nitrogen and oxygen atoms in total. The highest BCUT2D eigenvalue weighted by molar-refractivity contribution is 5.75. The van der Waals surface area contributed by atoms with Crippen molar-refractivity contribution in [3.63, 3.8) is 0 Å². The molecular formula is C17H24O4. The van der Waals surface area contributed by atoms with Crippen molar-refractivity contribution in [2.24, 2.45) is 11.8 Å². The maximum atomic E-state index is 11.8. The summed E-state index contributed by atoms with van der Waals surface area (Å²) < 4.78 is 10.9. The van der Waals surface area contributed by atoms with Crippen molar-refractivity contribution in [3.8, 4) is 0 Å². The zero-order valence-electron chi connectivity index (χ0n) is 13.2. The third-order valence-electron chi connectivity index (χ3n) is 4.48. The Morgan fingerprint density at radius 2 is 2.10 bits per heavy atom. The van der Waals surface area contributed by atoms with E-state index in [1.165, 1.54) is 12.5 Å². The molecule has 0 aromatic heterocycles. The number of rotatable bonds is 1. The average Bonchev–Trinajstić information content (AvgIpc) is 2.66. The van der Waals surface area contributed by atoms with Crippen molar-refractivity contribution < 1.29 is 19.1 Å². The van der Waals surface area contributed by atoms with Gasteiger partial charge in [-0.25, -0.2) is 0 Å². The van der Waals surface area contributed by atoms with Gasteiger partial charge < -0.3 is 9.47 Å². The highest BCUT2D eigenvalue weighted by atomic mass is 16.6. The van der Waals surface area contributed by atoms with Crippen molar-refractivity contribution in [2.45, 2.75) is 59.2 Å². The fraction of sp³-hybridized carbons (Fsp3) is 0.647. The van der Waals surface area contributed by atoms with Crippen molar-refractivity contribution in [1.29, 1.82) is 0 Å². The van der Waals surface area contributed by atoms with Gasteiger partial charge in [0.2, 0.25) is 0 Å². The number of hydrogen-bond donors (Lipinski definition) is 0. The van der Waals surface area contributed by atoms with Crippen molar-refractivity contribution >= 4 is 11.9 Å². The van der Waals surface area contributed by atoms with Gasteiger partial charge in [0.05, 0.1) is 5.92 Å². The van der Waals surface area contributed by atoms with Crippen LogP contribution in [0.15, 0.2) is 23.3 Å². The summed E-state index contributed by atoms with van der Waals surface area (Å²) in [6.07, 6.45) is 6.20. The SMILES string of the molecule is CC(=O)O[C@H]1C/C=C(\C)CC[C@@H]2[C@@H](C=C1C)OC(=O)[C@@H]2C. The third-order valence-corrected chi connectivity index (χ3v) is 4.48. The summed E-state index contributed by atoms with van der Waals surface area (Å²) in [6.45, 7) is 7.38. The minimum Gasteiger partial charge on any atom is -0.458 e. The normalized spacial score (nSPS) is 35.9. The molecule has 0 saturated carbocycles. The first kappa shape index (κ1) is 15.8. The van der Waals surface area contributed by atoms with Crippen LogP contribution in [0.3, 0.4) is 0 Å². The quantitative estimate of drug-likeness (QED) is 0.550. The van der Waals surface area contributed by atoms with E-state index in [4.69, 9.17) is 9.47 Å². The van der Waals surface area contributed by atoms with Crippen LogP contribution >= 0.6 is 0 Å². The molecular weight excluding hydrogens is 268 g/mol. The van der Waals surface area contributed by atoms with Crippen LogP contribution in [0, 0.1) is 11.8 Å². The smallest absolute Gasteiger partial charge is 0.309 e. The van der Waals surface area contributed by atoms with Gasteiger partial charge >= 0.3 is 11.9 Å². The molecule has 0 radical (unpaired) electrons. The molecule has 21 heavy (non-hydrogen) atoms. The van der Waals surface area contributed by atoms with E-state index in [1.807, 2.05) is 19.9 Å². The molecule has 0 aromatic carbocycles. The molecule has 1 heterocycles. The van der Waals surface area contributed by atoms with Gasteiger partial charge in [-0.3, -0.25) is 9.59 Å². The van der Waals surface area contributed by atoms with Gasteiger partial charge in [0.15, 0.2) is 0 Å². The molecule has 0 bridgehead atoms. The molecule has 0 amide bonds. The molecule has 4 atom stereocenters. The molecule has 2 rings (SSSR count). The lowest BCUT2D eigenvalue weighted by Crippen LogP contribution is -2.23. The van der Waals surface area contributed by atoms with Crippen molar-refractivity contribution in [1.82, 2.24) is 0 Å². The maximum Gasteiger partial charge on any atom is 0.309 e. The Labute approximate surface area is 126 Å². The number of esters is 2. The molecule has 1 saturated heterocycles. The topological polar surface area (TPSA) is 52.6 Å². The number of ether oxygens (including phenoxy) is 2. The van der Waals surface area contributed by atoms with Crippen LogP contribution in [0.5, 0.6) is 0 Å². The molecule has 0 aromatic rings. The monoisotopic (exact) mass is 292 g/mol. The summed E-state index contributed by atoms with van der Waals surface area (Å²) in [5, 5.41) is 0. The summed E-state index contributed by atoms with van der Waals surface area (Å²) >= 11 is 0. The van der Waals surface area contributed by atoms with Gasteiger partial charge in [-0.15, -0.1) is 0 Å². The predicted octanol–water partition coefficient (Wildman–Crippen LogP) is 3.17. The van der Waals surface area contributed by atoms with E-state index in [0.29, 0.717) is 6.42 Å². The second kappa shape index (κ2) is 6.46. The number of allylic oxidation sites excluding steroid dienone is 1. The number of carbonyl (C=O) groups is 2. The molecule has 4 heteroatoms. The highest BCUT2D eigenvalue weighted by Crippen LogP contribution is 2.35. The lowest BCUT2D eigenvalue weighted by molar-refractivity contribution is -0.145. The largest absolute Gasteiger partial charge is 0.458 e. The van der Waals surface area contributed by atoms with Crippen LogP contribution in [0.4, 0.5) is 0 Å². The molecule has 2 aliphatic rings. The van der Waals surface area contributed by atoms with Crippen molar-refractivity contribution in [2.75, 3.05) is 0 Å². The van der Waals surface area contributed by atoms with E-state index in [-0.39, 0.29) is 36.0 Å². The van der Waals surface area contributed by atoms with E-state index in [2.05, 4.69) is 13.0 Å². The Morgan fingerprint density at radius 1 is 1.38 bits per heavy atom. The van der Waals surface area contributed by atoms with Crippen LogP contribution < -0.4 is 0 Å². The average molecular weight is 292 g/mol. The molecule has 1 aliphatic heterocycles. The summed E-state index contributed by atoms with van der Waals surface area (Å²) in [7, 11) is 0. The van der Waals surface area contributed by atoms with Crippen LogP contribution in [-0.2, 0) is 19.1 Å². The Morgan fingerprint density at radius 3 is 2.76 bits per heavy atom. The number of fused-ring (bicyclic) bond motifs is 1. The van der Waals surface area contributed by atoms with Gasteiger partial charge in [0, 0.05) is 19.3 Å². The summed E-state index contributed by atoms with van der Waals surface area (Å²) in [5.74, 6) is -0.284. The molecule has 1 fully saturated rings. The van der Waals surface area contributed by atoms with Gasteiger partial charge in [0.25, 0.3) is 0 Å². The van der Waals surface area contributed by atoms with Gasteiger partial charge in [0.1, 0.15) is 12.2 Å². The van der Waals surface area contributed by atoms with E-state index < -0.39 is 0 Å². The molecule has 116 valence electrons. The van der Waals surface area contributed by atoms with E-state index in [1.54, 1.807) is 0 Å². The first-order valence-electron chi connectivity index (χ1n) is 7.60. The fourth-order valence-electron chi connectivity index (χ4n) is 3.06. The van der Waals surface area contributed by atoms with Crippen molar-refractivity contribution in [3.05, 3.63) is 23.3 Å². The third kappa shape index (κ3) is 3.74. The first-order valence-corrected chi connectivity index (χ1v) is 7.60. The Kier molecular flexibility index (Phi) is 4.86. The van der Waals surface area contributed by atoms with Crippen LogP contribution in [-0.4, -0.2) is 24.1 Å². The second-order valence-corrected chi connectivity index (χ2v) is 6.19. The van der Waals surface area contributed by atoms with E-state index in [9.17, 15) is 9.59 Å². The molecule has 0 unspecified atom stereocenters. The highest BCUT2D eigenvalue weighted by Gasteiger charge is 2.40. The van der Waals surface area contributed by atoms with Gasteiger partial charge in [-0.1, -0.05) is 18.6 Å². The van der Waals surface area contributed by atoms with Crippen LogP contribution in [0.1, 0.15) is 47.0 Å². The Hall–Kier alpha value is -1.58. The fourth-order valence-corrected chi connectivity index (χ4v) is 3.06. The van der Waals surface area contributed by atoms with Gasteiger partial charge in [-0.05, 0) is 38.3 Å². The Bertz CT molecular complexity index is 489. The zero-order chi connectivity index (χ0) is 15.6. The van der Waals surface area contributed by atoms with E-state index >= 15 is 0 Å². The number of hydrogen-bond acceptors (Lipinski definition) is 4. The van der Waals surface area contributed by atoms with Gasteiger partial charge in [-0.2, -0.15) is 0 Å². The minimum atomic E-state index is -0.288. The standard InChI is InChI=1S/C17H24O4/c1-10-5-7-14-12(3)17(19)21-16(14)9-11(2)15(8-6-10)20-13(4)18/h6,9,12,14-16H,5,7-8H2,1-4H3/b10-6+,11-9?/t12-,14+,15+,16-/m1/s1. The number of carbonyl (C=O) groups excluding carboxylic acids is 2. The summed E-state index contributed by atoms with van der Waals surface area (Å²) in [6, 6.07) is 0. The minimum absolute atomic E-state index is 0.0709. The summed E-state index contributed by atoms with van der Waals surface area (Å²) in [5.41, 5.74) is 2.22. The van der Waals surface area contributed by atoms with E-state index in [0.717, 1.165) is 18.4 Å². The second-order valence-electron chi connectivity index (χ2n) is 6.19. The Balaban J connectivity index is 2.28. The lowest BCUT2D eigenvalue weighted by atomic mass is 9.84. The molecule has 0 N–H and O–H groups in total. The maximum absolute atomic E-state index is 11.8. The molecule has 1 aliphatic carbocycles.